The molecule has 2 N–H and O–H groups in total. The maximum atomic E-state index is 5.69. The van der Waals surface area contributed by atoms with Crippen LogP contribution in [0, 0.1) is 0 Å². The second-order valence-corrected chi connectivity index (χ2v) is 4.38. The molecule has 1 aromatic rings. The minimum absolute atomic E-state index is 0.00694. The number of benzene rings is 1. The zero-order valence-electron chi connectivity index (χ0n) is 8.53. The molecule has 3 heteroatoms. The highest BCUT2D eigenvalue weighted by Crippen LogP contribution is 2.21. The van der Waals surface area contributed by atoms with E-state index >= 15 is 0 Å². The van der Waals surface area contributed by atoms with Crippen molar-refractivity contribution in [3.05, 3.63) is 34.3 Å². The largest absolute Gasteiger partial charge is 0.370 e. The third kappa shape index (κ3) is 3.40. The van der Waals surface area contributed by atoms with E-state index in [0.29, 0.717) is 6.54 Å². The van der Waals surface area contributed by atoms with Crippen LogP contribution in [0.2, 0.25) is 0 Å². The van der Waals surface area contributed by atoms with Gasteiger partial charge in [0.2, 0.25) is 0 Å². The van der Waals surface area contributed by atoms with Crippen LogP contribution in [0.15, 0.2) is 28.7 Å². The summed E-state index contributed by atoms with van der Waals surface area (Å²) in [6.07, 6.45) is 0.190. The molecule has 0 heterocycles. The molecule has 0 saturated carbocycles. The van der Waals surface area contributed by atoms with Gasteiger partial charge >= 0.3 is 0 Å². The van der Waals surface area contributed by atoms with Gasteiger partial charge < -0.3 is 10.5 Å². The van der Waals surface area contributed by atoms with E-state index in [1.807, 2.05) is 38.1 Å². The summed E-state index contributed by atoms with van der Waals surface area (Å²) >= 11 is 3.43. The zero-order valence-corrected chi connectivity index (χ0v) is 10.1. The summed E-state index contributed by atoms with van der Waals surface area (Å²) in [4.78, 5) is 0. The molecule has 2 nitrogen and oxygen atoms in total. The normalized spacial score (nSPS) is 13.2. The Morgan fingerprint density at radius 2 is 2.14 bits per heavy atom. The Labute approximate surface area is 93.6 Å². The second kappa shape index (κ2) is 5.49. The lowest BCUT2D eigenvalue weighted by Gasteiger charge is -2.19. The van der Waals surface area contributed by atoms with Gasteiger partial charge in [-0.2, -0.15) is 0 Å². The molecule has 0 aromatic heterocycles. The SMILES string of the molecule is CC(C)O[C@H](CN)c1cccc(Br)c1. The molecule has 0 aliphatic carbocycles. The van der Waals surface area contributed by atoms with Crippen LogP contribution in [-0.2, 0) is 4.74 Å². The van der Waals surface area contributed by atoms with Crippen molar-refractivity contribution in [2.24, 2.45) is 5.73 Å². The van der Waals surface area contributed by atoms with Crippen LogP contribution >= 0.6 is 15.9 Å². The zero-order chi connectivity index (χ0) is 10.6. The van der Waals surface area contributed by atoms with Crippen molar-refractivity contribution < 1.29 is 4.74 Å². The molecule has 0 radical (unpaired) electrons. The maximum Gasteiger partial charge on any atom is 0.0950 e. The van der Waals surface area contributed by atoms with E-state index in [0.717, 1.165) is 10.0 Å². The summed E-state index contributed by atoms with van der Waals surface area (Å²) < 4.78 is 6.75. The molecule has 0 unspecified atom stereocenters. The predicted octanol–water partition coefficient (Wildman–Crippen LogP) is 2.87. The molecule has 1 rings (SSSR count). The van der Waals surface area contributed by atoms with Crippen molar-refractivity contribution in [3.63, 3.8) is 0 Å². The maximum absolute atomic E-state index is 5.69. The van der Waals surface area contributed by atoms with Crippen LogP contribution in [0.25, 0.3) is 0 Å². The van der Waals surface area contributed by atoms with Gasteiger partial charge in [-0.1, -0.05) is 28.1 Å². The van der Waals surface area contributed by atoms with E-state index in [-0.39, 0.29) is 12.2 Å². The summed E-state index contributed by atoms with van der Waals surface area (Å²) in [6, 6.07) is 8.06. The standard InChI is InChI=1S/C11H16BrNO/c1-8(2)14-11(7-13)9-4-3-5-10(12)6-9/h3-6,8,11H,7,13H2,1-2H3/t11-/m1/s1. The quantitative estimate of drug-likeness (QED) is 0.901. The van der Waals surface area contributed by atoms with E-state index in [1.165, 1.54) is 0 Å². The summed E-state index contributed by atoms with van der Waals surface area (Å²) in [5, 5.41) is 0. The Kier molecular flexibility index (Phi) is 4.58. The summed E-state index contributed by atoms with van der Waals surface area (Å²) in [5.41, 5.74) is 6.78. The Morgan fingerprint density at radius 1 is 1.43 bits per heavy atom. The predicted molar refractivity (Wildman–Crippen MR) is 62.2 cm³/mol. The number of hydrogen-bond acceptors (Lipinski definition) is 2. The topological polar surface area (TPSA) is 35.2 Å². The number of nitrogens with two attached hydrogens (primary N) is 1. The molecule has 0 bridgehead atoms. The van der Waals surface area contributed by atoms with E-state index in [9.17, 15) is 0 Å². The number of rotatable bonds is 4. The number of hydrogen-bond donors (Lipinski definition) is 1. The third-order valence-corrected chi connectivity index (χ3v) is 2.36. The Morgan fingerprint density at radius 3 is 2.64 bits per heavy atom. The first-order valence-corrected chi connectivity index (χ1v) is 5.53. The van der Waals surface area contributed by atoms with E-state index in [4.69, 9.17) is 10.5 Å². The van der Waals surface area contributed by atoms with E-state index in [1.54, 1.807) is 0 Å². The minimum atomic E-state index is -0.00694. The number of halogens is 1. The Bertz CT molecular complexity index is 288. The smallest absolute Gasteiger partial charge is 0.0950 e. The Balaban J connectivity index is 2.78. The van der Waals surface area contributed by atoms with Crippen LogP contribution in [0.4, 0.5) is 0 Å². The van der Waals surface area contributed by atoms with Crippen molar-refractivity contribution in [2.75, 3.05) is 6.54 Å². The van der Waals surface area contributed by atoms with Gasteiger partial charge in [0, 0.05) is 11.0 Å². The minimum Gasteiger partial charge on any atom is -0.370 e. The first-order valence-electron chi connectivity index (χ1n) is 4.74. The van der Waals surface area contributed by atoms with Crippen molar-refractivity contribution >= 4 is 15.9 Å². The molecule has 0 aliphatic rings. The highest BCUT2D eigenvalue weighted by Gasteiger charge is 2.11. The average Bonchev–Trinajstić information content (AvgIpc) is 2.14. The molecule has 0 amide bonds. The molecule has 78 valence electrons. The molecule has 14 heavy (non-hydrogen) atoms. The van der Waals surface area contributed by atoms with Gasteiger partial charge in [-0.3, -0.25) is 0 Å². The fraction of sp³-hybridized carbons (Fsp3) is 0.455. The van der Waals surface area contributed by atoms with Crippen LogP contribution in [0.3, 0.4) is 0 Å². The monoisotopic (exact) mass is 257 g/mol. The molecule has 1 atom stereocenters. The molecule has 0 spiro atoms. The summed E-state index contributed by atoms with van der Waals surface area (Å²) in [5.74, 6) is 0. The molecule has 0 aliphatic heterocycles. The number of ether oxygens (including phenoxy) is 1. The summed E-state index contributed by atoms with van der Waals surface area (Å²) in [6.45, 7) is 4.54. The van der Waals surface area contributed by atoms with Crippen molar-refractivity contribution in [1.29, 1.82) is 0 Å². The van der Waals surface area contributed by atoms with Crippen molar-refractivity contribution in [1.82, 2.24) is 0 Å². The first-order chi connectivity index (χ1) is 6.63. The van der Waals surface area contributed by atoms with Gasteiger partial charge in [-0.05, 0) is 31.5 Å². The van der Waals surface area contributed by atoms with Gasteiger partial charge in [-0.25, -0.2) is 0 Å². The van der Waals surface area contributed by atoms with Gasteiger partial charge in [0.1, 0.15) is 0 Å². The summed E-state index contributed by atoms with van der Waals surface area (Å²) in [7, 11) is 0. The molecular formula is C11H16BrNO. The van der Waals surface area contributed by atoms with Crippen molar-refractivity contribution in [2.45, 2.75) is 26.1 Å². The average molecular weight is 258 g/mol. The molecular weight excluding hydrogens is 242 g/mol. The van der Waals surface area contributed by atoms with Gasteiger partial charge in [0.15, 0.2) is 0 Å². The first kappa shape index (κ1) is 11.7. The molecule has 0 saturated heterocycles. The van der Waals surface area contributed by atoms with Crippen LogP contribution < -0.4 is 5.73 Å². The van der Waals surface area contributed by atoms with E-state index in [2.05, 4.69) is 15.9 Å². The highest BCUT2D eigenvalue weighted by molar-refractivity contribution is 9.10. The lowest BCUT2D eigenvalue weighted by molar-refractivity contribution is 0.0119. The van der Waals surface area contributed by atoms with Gasteiger partial charge in [0.25, 0.3) is 0 Å². The third-order valence-electron chi connectivity index (χ3n) is 1.87. The van der Waals surface area contributed by atoms with Crippen LogP contribution in [0.1, 0.15) is 25.5 Å². The Hall–Kier alpha value is -0.380. The fourth-order valence-electron chi connectivity index (χ4n) is 1.31. The molecule has 1 aromatic carbocycles. The lowest BCUT2D eigenvalue weighted by Crippen LogP contribution is -2.19. The van der Waals surface area contributed by atoms with Crippen molar-refractivity contribution in [3.8, 4) is 0 Å². The lowest BCUT2D eigenvalue weighted by atomic mass is 10.1. The van der Waals surface area contributed by atoms with E-state index < -0.39 is 0 Å². The van der Waals surface area contributed by atoms with Gasteiger partial charge in [-0.15, -0.1) is 0 Å². The van der Waals surface area contributed by atoms with Crippen LogP contribution in [-0.4, -0.2) is 12.6 Å². The molecule has 0 fully saturated rings. The highest BCUT2D eigenvalue weighted by atomic mass is 79.9. The van der Waals surface area contributed by atoms with Gasteiger partial charge in [0.05, 0.1) is 12.2 Å². The second-order valence-electron chi connectivity index (χ2n) is 3.46. The van der Waals surface area contributed by atoms with Crippen LogP contribution in [0.5, 0.6) is 0 Å². The fourth-order valence-corrected chi connectivity index (χ4v) is 1.72.